The van der Waals surface area contributed by atoms with Crippen LogP contribution in [0.1, 0.15) is 18.3 Å². The Morgan fingerprint density at radius 2 is 1.36 bits per heavy atom. The molecule has 0 unspecified atom stereocenters. The highest BCUT2D eigenvalue weighted by Crippen LogP contribution is 2.29. The van der Waals surface area contributed by atoms with Gasteiger partial charge in [-0.1, -0.05) is 36.4 Å². The fourth-order valence-corrected chi connectivity index (χ4v) is 3.24. The first kappa shape index (κ1) is 15.3. The van der Waals surface area contributed by atoms with Crippen LogP contribution in [0.5, 0.6) is 0 Å². The number of amides is 1. The summed E-state index contributed by atoms with van der Waals surface area (Å²) in [5, 5.41) is 4.98. The molecule has 0 aliphatic heterocycles. The van der Waals surface area contributed by atoms with E-state index in [4.69, 9.17) is 0 Å². The average molecular weight is 329 g/mol. The summed E-state index contributed by atoms with van der Waals surface area (Å²) in [6.07, 6.45) is 0. The maximum absolute atomic E-state index is 12.6. The van der Waals surface area contributed by atoms with Crippen LogP contribution in [0, 0.1) is 0 Å². The number of fused-ring (bicyclic) bond motifs is 2. The Labute approximate surface area is 145 Å². The van der Waals surface area contributed by atoms with Crippen LogP contribution in [-0.2, 0) is 4.79 Å². The van der Waals surface area contributed by atoms with Gasteiger partial charge < -0.3 is 15.3 Å². The number of likely N-dealkylation sites (N-methyl/N-ethyl adjacent to an activating group) is 1. The molecule has 4 aromatic rings. The summed E-state index contributed by atoms with van der Waals surface area (Å²) in [4.78, 5) is 19.4. The van der Waals surface area contributed by atoms with Crippen molar-refractivity contribution in [1.82, 2.24) is 15.3 Å². The van der Waals surface area contributed by atoms with Crippen molar-refractivity contribution < 1.29 is 4.79 Å². The van der Waals surface area contributed by atoms with Crippen molar-refractivity contribution in [2.24, 2.45) is 0 Å². The normalized spacial score (nSPS) is 12.4. The molecule has 2 aromatic heterocycles. The van der Waals surface area contributed by atoms with Gasteiger partial charge in [-0.25, -0.2) is 0 Å². The largest absolute Gasteiger partial charge is 0.355 e. The predicted molar refractivity (Wildman–Crippen MR) is 103 cm³/mol. The first-order valence-corrected chi connectivity index (χ1v) is 8.26. The Morgan fingerprint density at radius 3 is 1.92 bits per heavy atom. The van der Waals surface area contributed by atoms with Gasteiger partial charge in [-0.05, 0) is 42.1 Å². The SMILES string of the molecule is CNC(=O)/C(=C(\C)c1cc2ccccc2[nH]1)c1cc2ccccc2[nH]1. The number of carbonyl (C=O) groups excluding carboxylic acids is 1. The molecule has 0 saturated carbocycles. The van der Waals surface area contributed by atoms with Crippen molar-refractivity contribution in [3.63, 3.8) is 0 Å². The van der Waals surface area contributed by atoms with Gasteiger partial charge in [-0.2, -0.15) is 0 Å². The standard InChI is InChI=1S/C21H19N3O/c1-13(18-11-14-7-3-5-9-16(14)23-18)20(21(25)22-2)19-12-15-8-4-6-10-17(15)24-19/h3-12,23-24H,1-2H3,(H,22,25)/b20-13+. The highest BCUT2D eigenvalue weighted by molar-refractivity contribution is 6.26. The van der Waals surface area contributed by atoms with Crippen LogP contribution in [-0.4, -0.2) is 22.9 Å². The van der Waals surface area contributed by atoms with E-state index < -0.39 is 0 Å². The summed E-state index contributed by atoms with van der Waals surface area (Å²) < 4.78 is 0. The molecule has 4 rings (SSSR count). The van der Waals surface area contributed by atoms with E-state index in [0.717, 1.165) is 38.8 Å². The van der Waals surface area contributed by atoms with E-state index in [1.54, 1.807) is 7.05 Å². The van der Waals surface area contributed by atoms with E-state index >= 15 is 0 Å². The van der Waals surface area contributed by atoms with Gasteiger partial charge in [0.1, 0.15) is 0 Å². The summed E-state index contributed by atoms with van der Waals surface area (Å²) in [5.74, 6) is -0.109. The number of rotatable bonds is 3. The molecule has 3 N–H and O–H groups in total. The van der Waals surface area contributed by atoms with Gasteiger partial charge in [0.25, 0.3) is 5.91 Å². The van der Waals surface area contributed by atoms with Gasteiger partial charge in [0, 0.05) is 29.2 Å². The number of benzene rings is 2. The Balaban J connectivity index is 1.92. The first-order valence-electron chi connectivity index (χ1n) is 8.26. The summed E-state index contributed by atoms with van der Waals surface area (Å²) in [6, 6.07) is 20.2. The molecule has 0 aliphatic carbocycles. The van der Waals surface area contributed by atoms with Crippen LogP contribution in [0.15, 0.2) is 60.7 Å². The third-order valence-electron chi connectivity index (χ3n) is 4.56. The molecule has 2 heterocycles. The molecule has 0 saturated heterocycles. The Hall–Kier alpha value is -3.27. The molecule has 0 aliphatic rings. The molecule has 0 atom stereocenters. The summed E-state index contributed by atoms with van der Waals surface area (Å²) in [7, 11) is 1.66. The highest BCUT2D eigenvalue weighted by Gasteiger charge is 2.18. The molecule has 124 valence electrons. The van der Waals surface area contributed by atoms with Gasteiger partial charge in [0.2, 0.25) is 0 Å². The molecule has 1 amide bonds. The molecule has 2 aromatic carbocycles. The van der Waals surface area contributed by atoms with Crippen LogP contribution >= 0.6 is 0 Å². The zero-order valence-corrected chi connectivity index (χ0v) is 14.2. The number of allylic oxidation sites excluding steroid dienone is 1. The van der Waals surface area contributed by atoms with Crippen molar-refractivity contribution in [2.45, 2.75) is 6.92 Å². The number of H-pyrrole nitrogens is 2. The van der Waals surface area contributed by atoms with Crippen molar-refractivity contribution in [3.8, 4) is 0 Å². The number of carbonyl (C=O) groups is 1. The molecule has 4 heteroatoms. The number of nitrogens with one attached hydrogen (secondary N) is 3. The van der Waals surface area contributed by atoms with E-state index in [0.29, 0.717) is 5.57 Å². The van der Waals surface area contributed by atoms with E-state index in [-0.39, 0.29) is 5.91 Å². The van der Waals surface area contributed by atoms with Crippen LogP contribution in [0.2, 0.25) is 0 Å². The molecule has 0 fully saturated rings. The zero-order chi connectivity index (χ0) is 17.4. The topological polar surface area (TPSA) is 60.7 Å². The van der Waals surface area contributed by atoms with E-state index in [1.165, 1.54) is 0 Å². The lowest BCUT2D eigenvalue weighted by atomic mass is 10.0. The Morgan fingerprint density at radius 1 is 0.840 bits per heavy atom. The third kappa shape index (κ3) is 2.62. The molecule has 0 spiro atoms. The maximum Gasteiger partial charge on any atom is 0.253 e. The number of aromatic amines is 2. The Bertz CT molecular complexity index is 1050. The smallest absolute Gasteiger partial charge is 0.253 e. The predicted octanol–water partition coefficient (Wildman–Crippen LogP) is 4.33. The zero-order valence-electron chi connectivity index (χ0n) is 14.2. The van der Waals surface area contributed by atoms with Gasteiger partial charge in [-0.3, -0.25) is 4.79 Å². The molecule has 25 heavy (non-hydrogen) atoms. The second-order valence-electron chi connectivity index (χ2n) is 6.12. The van der Waals surface area contributed by atoms with Crippen molar-refractivity contribution in [3.05, 3.63) is 72.1 Å². The first-order chi connectivity index (χ1) is 12.2. The van der Waals surface area contributed by atoms with Gasteiger partial charge >= 0.3 is 0 Å². The number of hydrogen-bond acceptors (Lipinski definition) is 1. The van der Waals surface area contributed by atoms with Crippen LogP contribution in [0.3, 0.4) is 0 Å². The van der Waals surface area contributed by atoms with Crippen LogP contribution < -0.4 is 5.32 Å². The molecule has 0 bridgehead atoms. The fraction of sp³-hybridized carbons (Fsp3) is 0.0952. The van der Waals surface area contributed by atoms with E-state index in [1.807, 2.05) is 55.5 Å². The average Bonchev–Trinajstić information content (AvgIpc) is 3.25. The monoisotopic (exact) mass is 329 g/mol. The highest BCUT2D eigenvalue weighted by atomic mass is 16.1. The minimum atomic E-state index is -0.109. The second kappa shape index (κ2) is 5.98. The minimum Gasteiger partial charge on any atom is -0.355 e. The number of aromatic nitrogens is 2. The molecular weight excluding hydrogens is 310 g/mol. The Kier molecular flexibility index (Phi) is 3.65. The summed E-state index contributed by atoms with van der Waals surface area (Å²) in [5.41, 5.74) is 5.38. The van der Waals surface area contributed by atoms with E-state index in [2.05, 4.69) is 27.4 Å². The van der Waals surface area contributed by atoms with Gasteiger partial charge in [-0.15, -0.1) is 0 Å². The lowest BCUT2D eigenvalue weighted by Crippen LogP contribution is -2.20. The van der Waals surface area contributed by atoms with Gasteiger partial charge in [0.05, 0.1) is 11.3 Å². The quantitative estimate of drug-likeness (QED) is 0.482. The lowest BCUT2D eigenvalue weighted by molar-refractivity contribution is -0.115. The molecule has 0 radical (unpaired) electrons. The second-order valence-corrected chi connectivity index (χ2v) is 6.12. The van der Waals surface area contributed by atoms with Crippen molar-refractivity contribution in [1.29, 1.82) is 0 Å². The maximum atomic E-state index is 12.6. The third-order valence-corrected chi connectivity index (χ3v) is 4.56. The number of hydrogen-bond donors (Lipinski definition) is 3. The van der Waals surface area contributed by atoms with Crippen molar-refractivity contribution >= 4 is 38.9 Å². The number of para-hydroxylation sites is 2. The minimum absolute atomic E-state index is 0.109. The summed E-state index contributed by atoms with van der Waals surface area (Å²) in [6.45, 7) is 1.97. The summed E-state index contributed by atoms with van der Waals surface area (Å²) >= 11 is 0. The van der Waals surface area contributed by atoms with Crippen LogP contribution in [0.4, 0.5) is 0 Å². The molecular formula is C21H19N3O. The fourth-order valence-electron chi connectivity index (χ4n) is 3.24. The van der Waals surface area contributed by atoms with E-state index in [9.17, 15) is 4.79 Å². The van der Waals surface area contributed by atoms with Crippen LogP contribution in [0.25, 0.3) is 33.0 Å². The van der Waals surface area contributed by atoms with Gasteiger partial charge in [0.15, 0.2) is 0 Å². The lowest BCUT2D eigenvalue weighted by Gasteiger charge is -2.09. The van der Waals surface area contributed by atoms with Crippen molar-refractivity contribution in [2.75, 3.05) is 7.05 Å². The molecule has 4 nitrogen and oxygen atoms in total.